The van der Waals surface area contributed by atoms with Crippen LogP contribution in [0.15, 0.2) is 48.7 Å². The molecule has 3 saturated heterocycles. The highest BCUT2D eigenvalue weighted by molar-refractivity contribution is 5.94. The zero-order chi connectivity index (χ0) is 31.2. The van der Waals surface area contributed by atoms with Gasteiger partial charge in [-0.1, -0.05) is 18.2 Å². The summed E-state index contributed by atoms with van der Waals surface area (Å²) in [6.07, 6.45) is 1.42. The fourth-order valence-electron chi connectivity index (χ4n) is 6.40. The first-order valence-corrected chi connectivity index (χ1v) is 15.6. The van der Waals surface area contributed by atoms with Crippen molar-refractivity contribution in [2.24, 2.45) is 11.8 Å². The topological polar surface area (TPSA) is 91.3 Å². The molecule has 10 nitrogen and oxygen atoms in total. The largest absolute Gasteiger partial charge is 0.444 e. The minimum atomic E-state index is -0.501. The molecule has 1 aromatic carbocycles. The Morgan fingerprint density at radius 3 is 1.95 bits per heavy atom. The first-order chi connectivity index (χ1) is 20.8. The first-order valence-electron chi connectivity index (χ1n) is 15.6. The molecular formula is C34H44N6O4. The first kappa shape index (κ1) is 30.0. The fourth-order valence-corrected chi connectivity index (χ4v) is 6.40. The molecule has 2 aromatic heterocycles. The Balaban J connectivity index is 1.15. The Hall–Kier alpha value is -4.08. The van der Waals surface area contributed by atoms with Gasteiger partial charge in [0.2, 0.25) is 0 Å². The summed E-state index contributed by atoms with van der Waals surface area (Å²) in [5, 5.41) is 1.13. The summed E-state index contributed by atoms with van der Waals surface area (Å²) in [7, 11) is 0. The molecule has 3 aromatic rings. The van der Waals surface area contributed by atoms with Gasteiger partial charge in [0.15, 0.2) is 0 Å². The van der Waals surface area contributed by atoms with Crippen LogP contribution in [0.25, 0.3) is 22.2 Å². The molecular weight excluding hydrogens is 556 g/mol. The van der Waals surface area contributed by atoms with E-state index in [1.807, 2.05) is 64.8 Å². The maximum atomic E-state index is 12.7. The van der Waals surface area contributed by atoms with Gasteiger partial charge >= 0.3 is 12.2 Å². The SMILES string of the molecule is CC(C)(C)OC(=O)N1CCN(c2ccc(-c3cc(N4CC5CN(C(=O)OC(C)(C)C)C[C@@H]5C4)c4ccccc4n3)cn2)CC1. The normalized spacial score (nSPS) is 20.7. The summed E-state index contributed by atoms with van der Waals surface area (Å²) in [6, 6.07) is 14.6. The van der Waals surface area contributed by atoms with E-state index in [0.717, 1.165) is 54.2 Å². The maximum absolute atomic E-state index is 12.7. The minimum Gasteiger partial charge on any atom is -0.444 e. The number of aromatic nitrogens is 2. The van der Waals surface area contributed by atoms with Crippen LogP contribution >= 0.6 is 0 Å². The van der Waals surface area contributed by atoms with Crippen LogP contribution in [0.1, 0.15) is 41.5 Å². The number of hydrogen-bond acceptors (Lipinski definition) is 8. The number of carbonyl (C=O) groups is 2. The summed E-state index contributed by atoms with van der Waals surface area (Å²) in [6.45, 7) is 17.2. The molecule has 0 bridgehead atoms. The minimum absolute atomic E-state index is 0.212. The smallest absolute Gasteiger partial charge is 0.410 e. The Bertz CT molecular complexity index is 1510. The third-order valence-electron chi connectivity index (χ3n) is 8.47. The van der Waals surface area contributed by atoms with Gasteiger partial charge in [-0.2, -0.15) is 0 Å². The predicted octanol–water partition coefficient (Wildman–Crippen LogP) is 5.66. The average Bonchev–Trinajstić information content (AvgIpc) is 3.55. The second kappa shape index (κ2) is 11.4. The number of anilines is 2. The van der Waals surface area contributed by atoms with E-state index in [9.17, 15) is 9.59 Å². The Kier molecular flexibility index (Phi) is 7.80. The molecule has 234 valence electrons. The Morgan fingerprint density at radius 1 is 0.750 bits per heavy atom. The van der Waals surface area contributed by atoms with E-state index in [-0.39, 0.29) is 12.2 Å². The highest BCUT2D eigenvalue weighted by atomic mass is 16.6. The van der Waals surface area contributed by atoms with Crippen molar-refractivity contribution in [3.8, 4) is 11.3 Å². The molecule has 2 atom stereocenters. The number of amides is 2. The van der Waals surface area contributed by atoms with Gasteiger partial charge in [-0.3, -0.25) is 0 Å². The van der Waals surface area contributed by atoms with Gasteiger partial charge in [0.25, 0.3) is 0 Å². The summed E-state index contributed by atoms with van der Waals surface area (Å²) in [4.78, 5) is 43.2. The molecule has 0 spiro atoms. The predicted molar refractivity (Wildman–Crippen MR) is 172 cm³/mol. The van der Waals surface area contributed by atoms with Crippen molar-refractivity contribution < 1.29 is 19.1 Å². The van der Waals surface area contributed by atoms with E-state index in [2.05, 4.69) is 40.1 Å². The van der Waals surface area contributed by atoms with Crippen LogP contribution in [-0.2, 0) is 9.47 Å². The zero-order valence-electron chi connectivity index (χ0n) is 26.7. The molecule has 6 rings (SSSR count). The number of para-hydroxylation sites is 1. The summed E-state index contributed by atoms with van der Waals surface area (Å²) < 4.78 is 11.2. The third kappa shape index (κ3) is 6.54. The van der Waals surface area contributed by atoms with Crippen LogP contribution in [0.5, 0.6) is 0 Å². The molecule has 0 saturated carbocycles. The summed E-state index contributed by atoms with van der Waals surface area (Å²) in [5.74, 6) is 1.71. The van der Waals surface area contributed by atoms with Gasteiger partial charge in [-0.25, -0.2) is 19.6 Å². The second-order valence-electron chi connectivity index (χ2n) is 14.2. The highest BCUT2D eigenvalue weighted by Crippen LogP contribution is 2.38. The number of hydrogen-bond donors (Lipinski definition) is 0. The standard InChI is InChI=1S/C34H44N6O4/c1-33(2,3)43-31(41)38-15-13-37(14-16-38)30-12-11-23(18-35-30)28-17-29(26-9-7-8-10-27(26)36-28)39-19-24-21-40(22-25(24)20-39)32(42)44-34(4,5)6/h7-12,17-18,24-25H,13-16,19-22H2,1-6H3/t24-,25?/m0/s1. The average molecular weight is 601 g/mol. The molecule has 0 N–H and O–H groups in total. The lowest BCUT2D eigenvalue weighted by atomic mass is 10.0. The van der Waals surface area contributed by atoms with Crippen molar-refractivity contribution in [2.45, 2.75) is 52.7 Å². The lowest BCUT2D eigenvalue weighted by Crippen LogP contribution is -2.50. The number of benzene rings is 1. The van der Waals surface area contributed by atoms with Crippen molar-refractivity contribution in [1.29, 1.82) is 0 Å². The number of nitrogens with zero attached hydrogens (tertiary/aromatic N) is 6. The lowest BCUT2D eigenvalue weighted by molar-refractivity contribution is 0.0238. The van der Waals surface area contributed by atoms with Crippen LogP contribution in [-0.4, -0.2) is 95.5 Å². The van der Waals surface area contributed by atoms with E-state index in [4.69, 9.17) is 19.4 Å². The van der Waals surface area contributed by atoms with Crippen molar-refractivity contribution in [3.63, 3.8) is 0 Å². The van der Waals surface area contributed by atoms with E-state index >= 15 is 0 Å². The van der Waals surface area contributed by atoms with Gasteiger partial charge < -0.3 is 29.1 Å². The van der Waals surface area contributed by atoms with E-state index in [0.29, 0.717) is 38.0 Å². The molecule has 44 heavy (non-hydrogen) atoms. The van der Waals surface area contributed by atoms with Gasteiger partial charge in [-0.05, 0) is 65.8 Å². The molecule has 0 aliphatic carbocycles. The summed E-state index contributed by atoms with van der Waals surface area (Å²) >= 11 is 0. The number of rotatable bonds is 3. The Labute approximate surface area is 259 Å². The van der Waals surface area contributed by atoms with Crippen LogP contribution in [0, 0.1) is 11.8 Å². The van der Waals surface area contributed by atoms with E-state index in [1.54, 1.807) is 4.90 Å². The second-order valence-corrected chi connectivity index (χ2v) is 14.2. The zero-order valence-corrected chi connectivity index (χ0v) is 26.7. The number of piperazine rings is 1. The van der Waals surface area contributed by atoms with Crippen LogP contribution in [0.3, 0.4) is 0 Å². The van der Waals surface area contributed by atoms with Gasteiger partial charge in [0, 0.05) is 87.0 Å². The molecule has 10 heteroatoms. The van der Waals surface area contributed by atoms with Crippen molar-refractivity contribution >= 4 is 34.6 Å². The molecule has 0 radical (unpaired) electrons. The lowest BCUT2D eigenvalue weighted by Gasteiger charge is -2.36. The number of fused-ring (bicyclic) bond motifs is 2. The van der Waals surface area contributed by atoms with Gasteiger partial charge in [0.05, 0.1) is 11.2 Å². The molecule has 2 amide bonds. The van der Waals surface area contributed by atoms with Crippen LogP contribution in [0.4, 0.5) is 21.1 Å². The molecule has 3 fully saturated rings. The van der Waals surface area contributed by atoms with Crippen molar-refractivity contribution in [2.75, 3.05) is 62.2 Å². The van der Waals surface area contributed by atoms with Crippen molar-refractivity contribution in [3.05, 3.63) is 48.7 Å². The van der Waals surface area contributed by atoms with Gasteiger partial charge in [0.1, 0.15) is 17.0 Å². The fraction of sp³-hybridized carbons (Fsp3) is 0.529. The van der Waals surface area contributed by atoms with E-state index < -0.39 is 11.2 Å². The molecule has 5 heterocycles. The van der Waals surface area contributed by atoms with Crippen molar-refractivity contribution in [1.82, 2.24) is 19.8 Å². The number of ether oxygens (including phenoxy) is 2. The Morgan fingerprint density at radius 2 is 1.36 bits per heavy atom. The summed E-state index contributed by atoms with van der Waals surface area (Å²) in [5.41, 5.74) is 2.99. The molecule has 3 aliphatic heterocycles. The van der Waals surface area contributed by atoms with Crippen LogP contribution < -0.4 is 9.80 Å². The number of pyridine rings is 2. The third-order valence-corrected chi connectivity index (χ3v) is 8.47. The van der Waals surface area contributed by atoms with Gasteiger partial charge in [-0.15, -0.1) is 0 Å². The number of likely N-dealkylation sites (tertiary alicyclic amines) is 1. The quantitative estimate of drug-likeness (QED) is 0.381. The van der Waals surface area contributed by atoms with E-state index in [1.165, 1.54) is 5.69 Å². The molecule has 1 unspecified atom stereocenters. The highest BCUT2D eigenvalue weighted by Gasteiger charge is 2.43. The monoisotopic (exact) mass is 600 g/mol. The maximum Gasteiger partial charge on any atom is 0.410 e. The molecule has 3 aliphatic rings. The van der Waals surface area contributed by atoms with Crippen LogP contribution in [0.2, 0.25) is 0 Å². The number of carbonyl (C=O) groups excluding carboxylic acids is 2.